The quantitative estimate of drug-likeness (QED) is 0.771. The molecule has 0 saturated heterocycles. The van der Waals surface area contributed by atoms with E-state index >= 15 is 0 Å². The van der Waals surface area contributed by atoms with Crippen LogP contribution < -0.4 is 0 Å². The van der Waals surface area contributed by atoms with E-state index in [0.29, 0.717) is 0 Å². The van der Waals surface area contributed by atoms with Crippen molar-refractivity contribution in [2.24, 2.45) is 0 Å². The van der Waals surface area contributed by atoms with E-state index in [4.69, 9.17) is 0 Å². The molecule has 16 heavy (non-hydrogen) atoms. The molecule has 84 valence electrons. The third kappa shape index (κ3) is 1.73. The van der Waals surface area contributed by atoms with Crippen LogP contribution in [0.5, 0.6) is 0 Å². The minimum atomic E-state index is 0.903. The van der Waals surface area contributed by atoms with E-state index in [9.17, 15) is 0 Å². The minimum absolute atomic E-state index is 0.903. The maximum Gasteiger partial charge on any atom is 0.153 e. The van der Waals surface area contributed by atoms with E-state index in [1.54, 1.807) is 0 Å². The van der Waals surface area contributed by atoms with Crippen LogP contribution in [0.3, 0.4) is 0 Å². The van der Waals surface area contributed by atoms with E-state index in [0.717, 1.165) is 17.9 Å². The van der Waals surface area contributed by atoms with Crippen molar-refractivity contribution in [1.82, 2.24) is 14.8 Å². The molecule has 0 unspecified atom stereocenters. The maximum atomic E-state index is 4.55. The van der Waals surface area contributed by atoms with Crippen LogP contribution >= 0.6 is 0 Å². The summed E-state index contributed by atoms with van der Waals surface area (Å²) in [6.07, 6.45) is 2.84. The molecule has 0 radical (unpaired) electrons. The summed E-state index contributed by atoms with van der Waals surface area (Å²) in [5, 5.41) is 4.55. The van der Waals surface area contributed by atoms with Gasteiger partial charge in [0.15, 0.2) is 5.82 Å². The Hall–Kier alpha value is -1.64. The molecule has 0 aliphatic rings. The molecule has 2 heterocycles. The Morgan fingerprint density at radius 2 is 2.00 bits per heavy atom. The van der Waals surface area contributed by atoms with Gasteiger partial charge in [0.2, 0.25) is 0 Å². The smallest absolute Gasteiger partial charge is 0.153 e. The summed E-state index contributed by atoms with van der Waals surface area (Å²) in [5.74, 6) is 0.903. The molecule has 0 bridgehead atoms. The van der Waals surface area contributed by atoms with Crippen molar-refractivity contribution in [1.29, 1.82) is 0 Å². The highest BCUT2D eigenvalue weighted by Gasteiger charge is 2.11. The van der Waals surface area contributed by atoms with Crippen molar-refractivity contribution in [2.75, 3.05) is 0 Å². The van der Waals surface area contributed by atoms with Gasteiger partial charge in [-0.15, -0.1) is 0 Å². The SMILES string of the molecule is CCc1c(C)nn(-c2cc(C)ccn2)c1C. The number of hydrogen-bond donors (Lipinski definition) is 0. The molecule has 0 amide bonds. The highest BCUT2D eigenvalue weighted by molar-refractivity contribution is 5.33. The zero-order valence-corrected chi connectivity index (χ0v) is 10.3. The lowest BCUT2D eigenvalue weighted by molar-refractivity contribution is 0.803. The average molecular weight is 215 g/mol. The lowest BCUT2D eigenvalue weighted by Crippen LogP contribution is -2.02. The number of nitrogens with zero attached hydrogens (tertiary/aromatic N) is 3. The number of hydrogen-bond acceptors (Lipinski definition) is 2. The summed E-state index contributed by atoms with van der Waals surface area (Å²) in [4.78, 5) is 4.36. The molecular weight excluding hydrogens is 198 g/mol. The summed E-state index contributed by atoms with van der Waals surface area (Å²) in [6.45, 7) is 8.38. The van der Waals surface area contributed by atoms with Crippen LogP contribution in [0.25, 0.3) is 5.82 Å². The van der Waals surface area contributed by atoms with Gasteiger partial charge in [0.25, 0.3) is 0 Å². The lowest BCUT2D eigenvalue weighted by Gasteiger charge is -2.04. The Morgan fingerprint density at radius 1 is 1.25 bits per heavy atom. The standard InChI is InChI=1S/C13H17N3/c1-5-12-10(3)15-16(11(12)4)13-8-9(2)6-7-14-13/h6-8H,5H2,1-4H3. The van der Waals surface area contributed by atoms with Gasteiger partial charge in [0.1, 0.15) is 0 Å². The molecule has 2 rings (SSSR count). The van der Waals surface area contributed by atoms with E-state index < -0.39 is 0 Å². The van der Waals surface area contributed by atoms with Gasteiger partial charge in [0.05, 0.1) is 5.69 Å². The molecular formula is C13H17N3. The van der Waals surface area contributed by atoms with Gasteiger partial charge in [-0.3, -0.25) is 0 Å². The average Bonchev–Trinajstić information content (AvgIpc) is 2.54. The van der Waals surface area contributed by atoms with Gasteiger partial charge >= 0.3 is 0 Å². The molecule has 3 nitrogen and oxygen atoms in total. The van der Waals surface area contributed by atoms with Crippen molar-refractivity contribution < 1.29 is 0 Å². The summed E-state index contributed by atoms with van der Waals surface area (Å²) in [6, 6.07) is 4.05. The maximum absolute atomic E-state index is 4.55. The molecule has 0 fully saturated rings. The Morgan fingerprint density at radius 3 is 2.56 bits per heavy atom. The van der Waals surface area contributed by atoms with Gasteiger partial charge in [-0.1, -0.05) is 6.92 Å². The van der Waals surface area contributed by atoms with Crippen LogP contribution in [0, 0.1) is 20.8 Å². The van der Waals surface area contributed by atoms with Gasteiger partial charge < -0.3 is 0 Å². The highest BCUT2D eigenvalue weighted by atomic mass is 15.3. The van der Waals surface area contributed by atoms with E-state index in [1.807, 2.05) is 16.9 Å². The first-order chi connectivity index (χ1) is 7.63. The van der Waals surface area contributed by atoms with Gasteiger partial charge in [0, 0.05) is 11.9 Å². The fourth-order valence-corrected chi connectivity index (χ4v) is 2.05. The third-order valence-electron chi connectivity index (χ3n) is 2.91. The Bertz CT molecular complexity index is 512. The predicted molar refractivity (Wildman–Crippen MR) is 64.9 cm³/mol. The van der Waals surface area contributed by atoms with E-state index in [2.05, 4.69) is 43.8 Å². The second-order valence-corrected chi connectivity index (χ2v) is 4.11. The Kier molecular flexibility index (Phi) is 2.77. The number of rotatable bonds is 2. The molecule has 0 atom stereocenters. The normalized spacial score (nSPS) is 10.8. The number of pyridine rings is 1. The molecule has 0 aliphatic heterocycles. The van der Waals surface area contributed by atoms with Crippen molar-refractivity contribution in [2.45, 2.75) is 34.1 Å². The van der Waals surface area contributed by atoms with Gasteiger partial charge in [-0.25, -0.2) is 9.67 Å². The summed E-state index contributed by atoms with van der Waals surface area (Å²) in [7, 11) is 0. The van der Waals surface area contributed by atoms with Crippen LogP contribution in [0.1, 0.15) is 29.4 Å². The van der Waals surface area contributed by atoms with Crippen LogP contribution in [0.2, 0.25) is 0 Å². The Balaban J connectivity index is 2.56. The van der Waals surface area contributed by atoms with E-state index in [-0.39, 0.29) is 0 Å². The van der Waals surface area contributed by atoms with Gasteiger partial charge in [-0.2, -0.15) is 5.10 Å². The molecule has 0 aliphatic carbocycles. The Labute approximate surface area is 96.1 Å². The van der Waals surface area contributed by atoms with Crippen LogP contribution in [-0.2, 0) is 6.42 Å². The second-order valence-electron chi connectivity index (χ2n) is 4.11. The van der Waals surface area contributed by atoms with Crippen LogP contribution in [-0.4, -0.2) is 14.8 Å². The molecule has 0 N–H and O–H groups in total. The van der Waals surface area contributed by atoms with Crippen molar-refractivity contribution in [3.8, 4) is 5.82 Å². The molecule has 2 aromatic heterocycles. The van der Waals surface area contributed by atoms with Crippen molar-refractivity contribution in [3.05, 3.63) is 40.8 Å². The predicted octanol–water partition coefficient (Wildman–Crippen LogP) is 2.75. The van der Waals surface area contributed by atoms with E-state index in [1.165, 1.54) is 16.8 Å². The zero-order valence-electron chi connectivity index (χ0n) is 10.3. The topological polar surface area (TPSA) is 30.7 Å². The minimum Gasteiger partial charge on any atom is -0.237 e. The first-order valence-corrected chi connectivity index (χ1v) is 5.61. The van der Waals surface area contributed by atoms with Gasteiger partial charge in [-0.05, 0) is 50.5 Å². The zero-order chi connectivity index (χ0) is 11.7. The van der Waals surface area contributed by atoms with Crippen molar-refractivity contribution in [3.63, 3.8) is 0 Å². The second kappa shape index (κ2) is 4.08. The summed E-state index contributed by atoms with van der Waals surface area (Å²) >= 11 is 0. The molecule has 0 saturated carbocycles. The first-order valence-electron chi connectivity index (χ1n) is 5.61. The fourth-order valence-electron chi connectivity index (χ4n) is 2.05. The lowest BCUT2D eigenvalue weighted by atomic mass is 10.1. The van der Waals surface area contributed by atoms with Crippen LogP contribution in [0.4, 0.5) is 0 Å². The highest BCUT2D eigenvalue weighted by Crippen LogP contribution is 2.17. The van der Waals surface area contributed by atoms with Crippen LogP contribution in [0.15, 0.2) is 18.3 Å². The summed E-state index contributed by atoms with van der Waals surface area (Å²) < 4.78 is 1.93. The largest absolute Gasteiger partial charge is 0.237 e. The molecule has 0 spiro atoms. The van der Waals surface area contributed by atoms with Crippen molar-refractivity contribution >= 4 is 0 Å². The summed E-state index contributed by atoms with van der Waals surface area (Å²) in [5.41, 5.74) is 4.82. The molecule has 0 aromatic carbocycles. The number of aryl methyl sites for hydroxylation is 2. The number of aromatic nitrogens is 3. The monoisotopic (exact) mass is 215 g/mol. The third-order valence-corrected chi connectivity index (χ3v) is 2.91. The fraction of sp³-hybridized carbons (Fsp3) is 0.385. The first kappa shape index (κ1) is 10.9. The molecule has 2 aromatic rings. The molecule has 3 heteroatoms.